The highest BCUT2D eigenvalue weighted by Gasteiger charge is 2.56. The number of H-pyrrole nitrogens is 1. The van der Waals surface area contributed by atoms with Gasteiger partial charge in [-0.3, -0.25) is 19.2 Å². The van der Waals surface area contributed by atoms with Crippen molar-refractivity contribution >= 4 is 74.1 Å². The van der Waals surface area contributed by atoms with Crippen LogP contribution >= 0.6 is 39.0 Å². The second kappa shape index (κ2) is 12.7. The number of amides is 3. The van der Waals surface area contributed by atoms with E-state index in [9.17, 15) is 24.0 Å². The molecular weight excluding hydrogens is 682 g/mol. The van der Waals surface area contributed by atoms with Crippen LogP contribution in [0.1, 0.15) is 39.2 Å². The molecule has 0 bridgehead atoms. The van der Waals surface area contributed by atoms with Gasteiger partial charge in [0.05, 0.1) is 28.8 Å². The van der Waals surface area contributed by atoms with E-state index in [0.717, 1.165) is 16.9 Å². The van der Waals surface area contributed by atoms with E-state index in [4.69, 9.17) is 9.47 Å². The van der Waals surface area contributed by atoms with Crippen LogP contribution in [0.3, 0.4) is 0 Å². The minimum absolute atomic E-state index is 0.257. The van der Waals surface area contributed by atoms with Gasteiger partial charge in [-0.25, -0.2) is 9.69 Å². The summed E-state index contributed by atoms with van der Waals surface area (Å²) in [5.41, 5.74) is 2.87. The van der Waals surface area contributed by atoms with Crippen LogP contribution in [0.25, 0.3) is 0 Å². The fraction of sp³-hybridized carbons (Fsp3) is 0.219. The number of hydrogen-bond acceptors (Lipinski definition) is 9. The molecule has 6 rings (SSSR count). The van der Waals surface area contributed by atoms with Crippen LogP contribution in [0.5, 0.6) is 5.75 Å². The molecule has 230 valence electrons. The number of carbonyl (C=O) groups is 4. The average molecular weight is 709 g/mol. The molecule has 2 N–H and O–H groups in total. The summed E-state index contributed by atoms with van der Waals surface area (Å²) in [5.74, 6) is -2.79. The van der Waals surface area contributed by atoms with Gasteiger partial charge in [0.15, 0.2) is 6.61 Å². The number of carbonyl (C=O) groups excluding carboxylic acids is 4. The number of aromatic amines is 1. The van der Waals surface area contributed by atoms with Crippen molar-refractivity contribution in [3.63, 3.8) is 0 Å². The summed E-state index contributed by atoms with van der Waals surface area (Å²) in [6.07, 6.45) is 0. The van der Waals surface area contributed by atoms with Gasteiger partial charge in [-0.2, -0.15) is 0 Å². The Labute approximate surface area is 274 Å². The molecule has 3 atom stereocenters. The highest BCUT2D eigenvalue weighted by atomic mass is 79.9. The number of fused-ring (bicyclic) bond motifs is 2. The van der Waals surface area contributed by atoms with Crippen LogP contribution in [0.4, 0.5) is 11.4 Å². The molecule has 0 radical (unpaired) electrons. The fourth-order valence-electron chi connectivity index (χ4n) is 5.44. The van der Waals surface area contributed by atoms with Gasteiger partial charge in [0.2, 0.25) is 11.8 Å². The first-order valence-corrected chi connectivity index (χ1v) is 16.5. The number of ether oxygens (including phenoxy) is 2. The summed E-state index contributed by atoms with van der Waals surface area (Å²) >= 11 is 5.70. The molecule has 13 heteroatoms. The molecular formula is C32H26BrN3O7S2. The van der Waals surface area contributed by atoms with Crippen molar-refractivity contribution in [3.8, 4) is 5.75 Å². The molecule has 1 fully saturated rings. The van der Waals surface area contributed by atoms with Gasteiger partial charge in [-0.1, -0.05) is 56.7 Å². The lowest BCUT2D eigenvalue weighted by Crippen LogP contribution is -2.32. The Morgan fingerprint density at radius 2 is 1.73 bits per heavy atom. The molecule has 3 aromatic carbocycles. The zero-order valence-corrected chi connectivity index (χ0v) is 27.2. The van der Waals surface area contributed by atoms with Crippen LogP contribution < -0.4 is 19.8 Å². The average Bonchev–Trinajstić information content (AvgIpc) is 3.51. The topological polar surface area (TPSA) is 135 Å². The fourth-order valence-corrected chi connectivity index (χ4v) is 8.32. The highest BCUT2D eigenvalue weighted by molar-refractivity contribution is 9.10. The Kier molecular flexibility index (Phi) is 8.67. The number of rotatable bonds is 8. The SMILES string of the molecule is CCOC(=O)c1ccc(NC(=O)COc2ccc(Br)cc2[C@H]2c3sc(=O)[nH]c3SC3C(=O)N(c4ccc(C)cc4)C(=O)C32)cc1. The molecule has 45 heavy (non-hydrogen) atoms. The number of halogens is 1. The van der Waals surface area contributed by atoms with Gasteiger partial charge in [0.1, 0.15) is 11.0 Å². The first-order valence-electron chi connectivity index (χ1n) is 14.0. The lowest BCUT2D eigenvalue weighted by molar-refractivity contribution is -0.122. The van der Waals surface area contributed by atoms with Crippen molar-refractivity contribution < 1.29 is 28.7 Å². The second-order valence-electron chi connectivity index (χ2n) is 10.4. The number of aryl methyl sites for hydroxylation is 1. The molecule has 0 aliphatic carbocycles. The number of imide groups is 1. The first kappa shape index (κ1) is 30.8. The van der Waals surface area contributed by atoms with Gasteiger partial charge in [-0.05, 0) is 68.4 Å². The van der Waals surface area contributed by atoms with Crippen molar-refractivity contribution in [1.82, 2.24) is 4.98 Å². The third kappa shape index (κ3) is 6.07. The van der Waals surface area contributed by atoms with Gasteiger partial charge in [0, 0.05) is 26.5 Å². The Morgan fingerprint density at radius 1 is 1.00 bits per heavy atom. The van der Waals surface area contributed by atoms with E-state index < -0.39 is 29.0 Å². The third-order valence-corrected chi connectivity index (χ3v) is 10.4. The molecule has 1 saturated heterocycles. The molecule has 1 aromatic heterocycles. The Hall–Kier alpha value is -4.20. The van der Waals surface area contributed by atoms with Gasteiger partial charge in [-0.15, -0.1) is 0 Å². The molecule has 0 saturated carbocycles. The Bertz CT molecular complexity index is 1870. The maximum Gasteiger partial charge on any atom is 0.338 e. The van der Waals surface area contributed by atoms with Gasteiger partial charge in [0.25, 0.3) is 5.91 Å². The number of nitrogens with zero attached hydrogens (tertiary/aromatic N) is 1. The molecule has 3 heterocycles. The minimum Gasteiger partial charge on any atom is -0.483 e. The second-order valence-corrected chi connectivity index (χ2v) is 13.5. The van der Waals surface area contributed by atoms with Crippen LogP contribution in [0, 0.1) is 12.8 Å². The number of aromatic nitrogens is 1. The van der Waals surface area contributed by atoms with E-state index >= 15 is 0 Å². The first-order chi connectivity index (χ1) is 21.6. The summed E-state index contributed by atoms with van der Waals surface area (Å²) in [4.78, 5) is 69.5. The summed E-state index contributed by atoms with van der Waals surface area (Å²) in [6.45, 7) is 3.54. The van der Waals surface area contributed by atoms with E-state index in [-0.39, 0.29) is 29.9 Å². The van der Waals surface area contributed by atoms with Crippen molar-refractivity contribution in [1.29, 1.82) is 0 Å². The third-order valence-electron chi connectivity index (χ3n) is 7.46. The molecule has 4 aromatic rings. The van der Waals surface area contributed by atoms with Crippen molar-refractivity contribution in [2.45, 2.75) is 30.0 Å². The molecule has 2 aliphatic heterocycles. The van der Waals surface area contributed by atoms with Gasteiger partial charge < -0.3 is 19.8 Å². The molecule has 2 unspecified atom stereocenters. The van der Waals surface area contributed by atoms with Crippen LogP contribution in [-0.2, 0) is 19.1 Å². The van der Waals surface area contributed by atoms with Crippen LogP contribution in [0.2, 0.25) is 0 Å². The van der Waals surface area contributed by atoms with E-state index in [2.05, 4.69) is 26.2 Å². The summed E-state index contributed by atoms with van der Waals surface area (Å²) in [6, 6.07) is 18.7. The zero-order valence-electron chi connectivity index (χ0n) is 24.0. The standard InChI is InChI=1S/C32H26BrN3O7S2/c1-3-42-31(40)17-6-9-19(10-7-17)34-23(37)15-43-22-13-8-18(33)14-21(22)24-25-27(44-28-26(24)45-32(41)35-28)30(39)36(29(25)38)20-11-4-16(2)5-12-20/h4-14,24-25,27H,3,15H2,1-2H3,(H,34,37)(H,35,41)/t24-,25?,27?/m1/s1. The molecule has 3 amide bonds. The maximum atomic E-state index is 14.1. The van der Waals surface area contributed by atoms with E-state index in [1.165, 1.54) is 16.7 Å². The lowest BCUT2D eigenvalue weighted by Gasteiger charge is -2.31. The van der Waals surface area contributed by atoms with Crippen molar-refractivity contribution in [2.75, 3.05) is 23.4 Å². The predicted molar refractivity (Wildman–Crippen MR) is 174 cm³/mol. The minimum atomic E-state index is -0.814. The normalized spacial score (nSPS) is 18.7. The lowest BCUT2D eigenvalue weighted by atomic mass is 9.82. The largest absolute Gasteiger partial charge is 0.483 e. The number of benzene rings is 3. The highest BCUT2D eigenvalue weighted by Crippen LogP contribution is 2.54. The summed E-state index contributed by atoms with van der Waals surface area (Å²) in [5, 5.41) is 2.51. The quantitative estimate of drug-likeness (QED) is 0.181. The summed E-state index contributed by atoms with van der Waals surface area (Å²) < 4.78 is 11.7. The monoisotopic (exact) mass is 707 g/mol. The van der Waals surface area contributed by atoms with Crippen LogP contribution in [-0.4, -0.2) is 47.1 Å². The van der Waals surface area contributed by atoms with E-state index in [1.807, 2.05) is 19.1 Å². The number of thiazole rings is 1. The predicted octanol–water partition coefficient (Wildman–Crippen LogP) is 5.50. The number of thioether (sulfide) groups is 1. The number of esters is 1. The smallest absolute Gasteiger partial charge is 0.338 e. The maximum absolute atomic E-state index is 14.1. The number of hydrogen-bond donors (Lipinski definition) is 2. The number of nitrogens with one attached hydrogen (secondary N) is 2. The Morgan fingerprint density at radius 3 is 2.44 bits per heavy atom. The Balaban J connectivity index is 1.28. The van der Waals surface area contributed by atoms with E-state index in [0.29, 0.717) is 42.6 Å². The summed E-state index contributed by atoms with van der Waals surface area (Å²) in [7, 11) is 0. The molecule has 10 nitrogen and oxygen atoms in total. The number of anilines is 2. The van der Waals surface area contributed by atoms with Crippen molar-refractivity contribution in [2.24, 2.45) is 5.92 Å². The van der Waals surface area contributed by atoms with Gasteiger partial charge >= 0.3 is 10.8 Å². The zero-order chi connectivity index (χ0) is 31.8. The molecule has 0 spiro atoms. The van der Waals surface area contributed by atoms with Crippen molar-refractivity contribution in [3.05, 3.63) is 102 Å². The van der Waals surface area contributed by atoms with E-state index in [1.54, 1.807) is 61.5 Å². The van der Waals surface area contributed by atoms with Crippen LogP contribution in [0.15, 0.2) is 81.0 Å². The molecule has 2 aliphatic rings.